The van der Waals surface area contributed by atoms with Crippen LogP contribution in [0.2, 0.25) is 0 Å². The molecule has 1 heterocycles. The van der Waals surface area contributed by atoms with Gasteiger partial charge in [-0.3, -0.25) is 4.90 Å². The van der Waals surface area contributed by atoms with Gasteiger partial charge in [0.2, 0.25) is 0 Å². The quantitative estimate of drug-likeness (QED) is 0.741. The molecule has 2 N–H and O–H groups in total. The number of aliphatic hydroxyl groups is 1. The summed E-state index contributed by atoms with van der Waals surface area (Å²) in [6, 6.07) is 0.977. The molecular weight excluding hydrogens is 224 g/mol. The predicted molar refractivity (Wildman–Crippen MR) is 75.8 cm³/mol. The second kappa shape index (κ2) is 6.36. The minimum atomic E-state index is 0.214. The summed E-state index contributed by atoms with van der Waals surface area (Å²) in [4.78, 5) is 2.65. The van der Waals surface area contributed by atoms with E-state index in [0.717, 1.165) is 13.1 Å². The lowest BCUT2D eigenvalue weighted by atomic mass is 9.92. The highest BCUT2D eigenvalue weighted by molar-refractivity contribution is 4.95. The molecule has 18 heavy (non-hydrogen) atoms. The molecule has 3 nitrogen and oxygen atoms in total. The maximum absolute atomic E-state index is 9.74. The van der Waals surface area contributed by atoms with E-state index in [1.165, 1.54) is 44.9 Å². The number of nitrogens with zero attached hydrogens (tertiary/aromatic N) is 1. The fraction of sp³-hybridized carbons (Fsp3) is 1.00. The molecule has 0 aromatic heterocycles. The topological polar surface area (TPSA) is 35.5 Å². The SMILES string of the molecule is CC1(C)CCNCC(CO)N1C1CCCCCC1. The second-order valence-electron chi connectivity index (χ2n) is 6.66. The van der Waals surface area contributed by atoms with Crippen LogP contribution in [0.15, 0.2) is 0 Å². The summed E-state index contributed by atoms with van der Waals surface area (Å²) in [7, 11) is 0. The Morgan fingerprint density at radius 3 is 2.44 bits per heavy atom. The monoisotopic (exact) mass is 254 g/mol. The van der Waals surface area contributed by atoms with E-state index in [0.29, 0.717) is 12.1 Å². The zero-order valence-corrected chi connectivity index (χ0v) is 12.1. The third kappa shape index (κ3) is 3.25. The number of aliphatic hydroxyl groups excluding tert-OH is 1. The van der Waals surface area contributed by atoms with Crippen molar-refractivity contribution in [3.05, 3.63) is 0 Å². The van der Waals surface area contributed by atoms with Crippen LogP contribution in [-0.4, -0.2) is 47.3 Å². The molecule has 0 aromatic carbocycles. The van der Waals surface area contributed by atoms with Gasteiger partial charge < -0.3 is 10.4 Å². The lowest BCUT2D eigenvalue weighted by molar-refractivity contribution is 0.000553. The first-order chi connectivity index (χ1) is 8.65. The van der Waals surface area contributed by atoms with Gasteiger partial charge in [0.25, 0.3) is 0 Å². The van der Waals surface area contributed by atoms with Gasteiger partial charge in [-0.25, -0.2) is 0 Å². The molecule has 1 saturated heterocycles. The van der Waals surface area contributed by atoms with Crippen LogP contribution in [0, 0.1) is 0 Å². The standard InChI is InChI=1S/C15H30N2O/c1-15(2)9-10-16-11-14(12-18)17(15)13-7-5-3-4-6-8-13/h13-14,16,18H,3-12H2,1-2H3. The van der Waals surface area contributed by atoms with Gasteiger partial charge in [0.15, 0.2) is 0 Å². The minimum absolute atomic E-state index is 0.214. The van der Waals surface area contributed by atoms with E-state index in [4.69, 9.17) is 0 Å². The molecule has 3 heteroatoms. The van der Waals surface area contributed by atoms with Crippen molar-refractivity contribution < 1.29 is 5.11 Å². The number of rotatable bonds is 2. The largest absolute Gasteiger partial charge is 0.395 e. The smallest absolute Gasteiger partial charge is 0.0599 e. The van der Waals surface area contributed by atoms with Crippen molar-refractivity contribution in [2.24, 2.45) is 0 Å². The summed E-state index contributed by atoms with van der Waals surface area (Å²) in [5, 5.41) is 13.2. The molecule has 106 valence electrons. The Labute approximate surface area is 112 Å². The third-order valence-electron chi connectivity index (χ3n) is 4.81. The molecule has 1 aliphatic carbocycles. The average molecular weight is 254 g/mol. The molecule has 0 radical (unpaired) electrons. The van der Waals surface area contributed by atoms with Crippen molar-refractivity contribution >= 4 is 0 Å². The van der Waals surface area contributed by atoms with Gasteiger partial charge in [0, 0.05) is 24.2 Å². The van der Waals surface area contributed by atoms with E-state index >= 15 is 0 Å². The first-order valence-electron chi connectivity index (χ1n) is 7.75. The van der Waals surface area contributed by atoms with Crippen molar-refractivity contribution in [2.75, 3.05) is 19.7 Å². The minimum Gasteiger partial charge on any atom is -0.395 e. The van der Waals surface area contributed by atoms with Gasteiger partial charge in [-0.05, 0) is 39.7 Å². The van der Waals surface area contributed by atoms with Crippen LogP contribution < -0.4 is 5.32 Å². The number of hydrogen-bond acceptors (Lipinski definition) is 3. The molecule has 0 bridgehead atoms. The van der Waals surface area contributed by atoms with Crippen LogP contribution in [0.5, 0.6) is 0 Å². The molecule has 0 aromatic rings. The highest BCUT2D eigenvalue weighted by Crippen LogP contribution is 2.32. The van der Waals surface area contributed by atoms with Crippen LogP contribution in [0.1, 0.15) is 58.8 Å². The molecule has 2 rings (SSSR count). The molecule has 0 amide bonds. The summed E-state index contributed by atoms with van der Waals surface area (Å²) in [5.41, 5.74) is 0.214. The maximum atomic E-state index is 9.74. The van der Waals surface area contributed by atoms with Crippen LogP contribution in [0.25, 0.3) is 0 Å². The second-order valence-corrected chi connectivity index (χ2v) is 6.66. The summed E-state index contributed by atoms with van der Waals surface area (Å²) in [5.74, 6) is 0. The highest BCUT2D eigenvalue weighted by Gasteiger charge is 2.38. The zero-order valence-electron chi connectivity index (χ0n) is 12.1. The molecule has 2 aliphatic rings. The molecule has 1 aliphatic heterocycles. The van der Waals surface area contributed by atoms with Gasteiger partial charge in [-0.2, -0.15) is 0 Å². The Balaban J connectivity index is 2.15. The maximum Gasteiger partial charge on any atom is 0.0599 e. The summed E-state index contributed by atoms with van der Waals surface area (Å²) in [6.45, 7) is 7.01. The van der Waals surface area contributed by atoms with E-state index in [1.54, 1.807) is 0 Å². The zero-order chi connectivity index (χ0) is 13.0. The van der Waals surface area contributed by atoms with Crippen LogP contribution >= 0.6 is 0 Å². The van der Waals surface area contributed by atoms with E-state index in [9.17, 15) is 5.11 Å². The van der Waals surface area contributed by atoms with Crippen molar-refractivity contribution in [3.63, 3.8) is 0 Å². The van der Waals surface area contributed by atoms with Crippen LogP contribution in [-0.2, 0) is 0 Å². The van der Waals surface area contributed by atoms with E-state index < -0.39 is 0 Å². The molecule has 1 unspecified atom stereocenters. The Kier molecular flexibility index (Phi) is 5.05. The Bertz CT molecular complexity index is 247. The summed E-state index contributed by atoms with van der Waals surface area (Å²) in [6.07, 6.45) is 9.34. The number of nitrogens with one attached hydrogen (secondary N) is 1. The Morgan fingerprint density at radius 2 is 1.83 bits per heavy atom. The summed E-state index contributed by atoms with van der Waals surface area (Å²) < 4.78 is 0. The molecule has 2 fully saturated rings. The third-order valence-corrected chi connectivity index (χ3v) is 4.81. The molecular formula is C15H30N2O. The van der Waals surface area contributed by atoms with Crippen LogP contribution in [0.4, 0.5) is 0 Å². The lowest BCUT2D eigenvalue weighted by Gasteiger charge is -2.46. The Morgan fingerprint density at radius 1 is 1.17 bits per heavy atom. The van der Waals surface area contributed by atoms with E-state index in [1.807, 2.05) is 0 Å². The number of hydrogen-bond donors (Lipinski definition) is 2. The summed E-state index contributed by atoms with van der Waals surface area (Å²) >= 11 is 0. The molecule has 0 spiro atoms. The molecule has 1 atom stereocenters. The average Bonchev–Trinajstić information content (AvgIpc) is 2.67. The highest BCUT2D eigenvalue weighted by atomic mass is 16.3. The fourth-order valence-electron chi connectivity index (χ4n) is 3.87. The predicted octanol–water partition coefficient (Wildman–Crippen LogP) is 2.14. The first-order valence-corrected chi connectivity index (χ1v) is 7.75. The molecule has 1 saturated carbocycles. The fourth-order valence-corrected chi connectivity index (χ4v) is 3.87. The van der Waals surface area contributed by atoms with E-state index in [2.05, 4.69) is 24.1 Å². The van der Waals surface area contributed by atoms with Gasteiger partial charge in [-0.1, -0.05) is 25.7 Å². The Hall–Kier alpha value is -0.120. The first kappa shape index (κ1) is 14.3. The normalized spacial score (nSPS) is 31.8. The van der Waals surface area contributed by atoms with Gasteiger partial charge in [-0.15, -0.1) is 0 Å². The van der Waals surface area contributed by atoms with Gasteiger partial charge in [0.1, 0.15) is 0 Å². The van der Waals surface area contributed by atoms with Crippen molar-refractivity contribution in [1.29, 1.82) is 0 Å². The van der Waals surface area contributed by atoms with Crippen LogP contribution in [0.3, 0.4) is 0 Å². The van der Waals surface area contributed by atoms with Crippen molar-refractivity contribution in [3.8, 4) is 0 Å². The van der Waals surface area contributed by atoms with Crippen molar-refractivity contribution in [1.82, 2.24) is 10.2 Å². The van der Waals surface area contributed by atoms with E-state index in [-0.39, 0.29) is 12.1 Å². The van der Waals surface area contributed by atoms with Crippen molar-refractivity contribution in [2.45, 2.75) is 76.4 Å². The van der Waals surface area contributed by atoms with Gasteiger partial charge in [0.05, 0.1) is 6.61 Å². The van der Waals surface area contributed by atoms with Gasteiger partial charge >= 0.3 is 0 Å². The lowest BCUT2D eigenvalue weighted by Crippen LogP contribution is -2.56.